The molecule has 0 aliphatic carbocycles. The second kappa shape index (κ2) is 19.7. The molecule has 8 nitrogen and oxygen atoms in total. The molecule has 1 rings (SSSR count). The number of carbonyl (C=O) groups is 1. The van der Waals surface area contributed by atoms with Crippen molar-refractivity contribution in [2.24, 2.45) is 0 Å². The van der Waals surface area contributed by atoms with Crippen LogP contribution in [-0.4, -0.2) is 32.1 Å². The van der Waals surface area contributed by atoms with Gasteiger partial charge in [-0.3, -0.25) is 14.9 Å². The largest absolute Gasteiger partial charge is 0 e. The van der Waals surface area contributed by atoms with Gasteiger partial charge in [-0.2, -0.15) is 0 Å². The molecule has 1 aromatic rings. The summed E-state index contributed by atoms with van der Waals surface area (Å²) in [6, 6.07) is 5.41. The van der Waals surface area contributed by atoms with E-state index in [1.165, 1.54) is 0 Å². The van der Waals surface area contributed by atoms with Crippen LogP contribution in [0, 0.1) is 30.1 Å². The van der Waals surface area contributed by atoms with E-state index >= 15 is 0 Å². The maximum atomic E-state index is 11.8. The van der Waals surface area contributed by atoms with E-state index in [-0.39, 0.29) is 41.9 Å². The molecule has 29 heavy (non-hydrogen) atoms. The van der Waals surface area contributed by atoms with Crippen molar-refractivity contribution in [3.63, 3.8) is 0 Å². The molecule has 0 saturated heterocycles. The Balaban J connectivity index is -0.000000407. The van der Waals surface area contributed by atoms with Crippen LogP contribution in [0.3, 0.4) is 0 Å². The van der Waals surface area contributed by atoms with E-state index in [1.54, 1.807) is 13.0 Å². The molecule has 1 atom stereocenters. The van der Waals surface area contributed by atoms with Gasteiger partial charge >= 0.3 is 39.9 Å². The quantitative estimate of drug-likeness (QED) is 0.148. The predicted molar refractivity (Wildman–Crippen MR) is 102 cm³/mol. The molecule has 0 unspecified atom stereocenters. The molecule has 158 valence electrons. The van der Waals surface area contributed by atoms with Crippen molar-refractivity contribution in [3.8, 4) is 0 Å². The third-order valence-electron chi connectivity index (χ3n) is 3.35. The first-order valence-corrected chi connectivity index (χ1v) is 11.7. The van der Waals surface area contributed by atoms with E-state index in [0.717, 1.165) is 10.8 Å². The molecule has 0 aromatic heterocycles. The number of hydrogen-bond acceptors (Lipinski definition) is 4. The van der Waals surface area contributed by atoms with Crippen molar-refractivity contribution in [1.82, 2.24) is 0 Å². The second-order valence-electron chi connectivity index (χ2n) is 6.20. The minimum atomic E-state index is -1.75. The smallest absolute Gasteiger partial charge is 0 e. The van der Waals surface area contributed by atoms with Gasteiger partial charge in [0.05, 0.1) is 27.0 Å². The number of nitro groups is 1. The van der Waals surface area contributed by atoms with Gasteiger partial charge in [-0.1, -0.05) is 42.5 Å². The Morgan fingerprint density at radius 3 is 2.07 bits per heavy atom. The Hall–Kier alpha value is -1.65. The van der Waals surface area contributed by atoms with Crippen LogP contribution < -0.4 is 5.19 Å². The zero-order valence-corrected chi connectivity index (χ0v) is 19.6. The summed E-state index contributed by atoms with van der Waals surface area (Å²) in [6.07, 6.45) is 0.00787. The number of hydrogen-bond donors (Lipinski definition) is 0. The molecule has 1 aromatic carbocycles. The fourth-order valence-electron chi connectivity index (χ4n) is 2.41. The van der Waals surface area contributed by atoms with Crippen molar-refractivity contribution < 1.29 is 45.8 Å². The van der Waals surface area contributed by atoms with Gasteiger partial charge in [-0.15, -0.1) is 0 Å². The first-order valence-electron chi connectivity index (χ1n) is 7.83. The van der Waals surface area contributed by atoms with Crippen LogP contribution in [0.1, 0.15) is 24.8 Å². The van der Waals surface area contributed by atoms with Gasteiger partial charge in [0, 0.05) is 27.3 Å². The van der Waals surface area contributed by atoms with Crippen LogP contribution in [0.15, 0.2) is 18.2 Å². The van der Waals surface area contributed by atoms with Crippen LogP contribution in [0.5, 0.6) is 0 Å². The molecule has 0 aliphatic rings. The summed E-state index contributed by atoms with van der Waals surface area (Å²) in [6.45, 7) is 21.6. The minimum Gasteiger partial charge on any atom is 0 e. The van der Waals surface area contributed by atoms with Crippen LogP contribution in [0.2, 0.25) is 24.7 Å². The van der Waals surface area contributed by atoms with Gasteiger partial charge in [-0.05, 0) is 24.6 Å². The zero-order valence-electron chi connectivity index (χ0n) is 16.5. The summed E-state index contributed by atoms with van der Waals surface area (Å²) >= 11 is 6.09. The van der Waals surface area contributed by atoms with E-state index in [9.17, 15) is 14.9 Å². The standard InChI is InChI=1S/C15H22ClNO4Si.3CO.Cr/c1-5-21-15(18)8-11(10-17(19)20)13-7-6-12(16)9-14(13)22(2,3)4;3*1-2;/h6-7,9,11H,5,8,10H2,1-4H3;;;;/t11-;;;;/m0..../s1. The Labute approximate surface area is 187 Å². The normalized spacial score (nSPS) is 9.90. The zero-order chi connectivity index (χ0) is 22.9. The minimum absolute atomic E-state index is 0. The van der Waals surface area contributed by atoms with Crippen LogP contribution >= 0.6 is 11.6 Å². The van der Waals surface area contributed by atoms with E-state index in [1.807, 2.05) is 12.1 Å². The fourth-order valence-corrected chi connectivity index (χ4v) is 4.41. The van der Waals surface area contributed by atoms with Crippen molar-refractivity contribution in [2.45, 2.75) is 38.9 Å². The molecule has 0 radical (unpaired) electrons. The van der Waals surface area contributed by atoms with E-state index < -0.39 is 20.0 Å². The van der Waals surface area contributed by atoms with E-state index in [0.29, 0.717) is 5.02 Å². The monoisotopic (exact) mass is 479 g/mol. The van der Waals surface area contributed by atoms with Crippen LogP contribution in [0.4, 0.5) is 0 Å². The molecular formula is C18H22ClCrNO7Si. The Kier molecular flexibility index (Phi) is 23.6. The van der Waals surface area contributed by atoms with E-state index in [2.05, 4.69) is 39.6 Å². The first kappa shape index (κ1) is 34.8. The number of halogens is 1. The number of rotatable bonds is 7. The summed E-state index contributed by atoms with van der Waals surface area (Å²) in [7, 11) is -1.75. The Morgan fingerprint density at radius 2 is 1.69 bits per heavy atom. The molecule has 0 fully saturated rings. The first-order chi connectivity index (χ1) is 13.1. The van der Waals surface area contributed by atoms with Gasteiger partial charge in [0.1, 0.15) is 0 Å². The number of benzene rings is 1. The maximum Gasteiger partial charge on any atom is 0 e. The van der Waals surface area contributed by atoms with Crippen molar-refractivity contribution in [1.29, 1.82) is 0 Å². The van der Waals surface area contributed by atoms with Gasteiger partial charge in [0.15, 0.2) is 0 Å². The molecular weight excluding hydrogens is 458 g/mol. The van der Waals surface area contributed by atoms with E-state index in [4.69, 9.17) is 30.3 Å². The average molecular weight is 480 g/mol. The summed E-state index contributed by atoms with van der Waals surface area (Å²) in [5.41, 5.74) is 0.841. The van der Waals surface area contributed by atoms with Crippen molar-refractivity contribution >= 4 is 30.8 Å². The average Bonchev–Trinajstić information content (AvgIpc) is 2.65. The molecule has 0 spiro atoms. The van der Waals surface area contributed by atoms with Gasteiger partial charge in [0.2, 0.25) is 6.54 Å². The third kappa shape index (κ3) is 14.9. The topological polar surface area (TPSA) is 129 Å². The Bertz CT molecular complexity index is 673. The number of esters is 1. The predicted octanol–water partition coefficient (Wildman–Crippen LogP) is 3.08. The van der Waals surface area contributed by atoms with Gasteiger partial charge < -0.3 is 4.74 Å². The third-order valence-corrected chi connectivity index (χ3v) is 5.64. The second-order valence-corrected chi connectivity index (χ2v) is 11.7. The molecule has 0 N–H and O–H groups in total. The van der Waals surface area contributed by atoms with Crippen molar-refractivity contribution in [2.75, 3.05) is 13.2 Å². The molecule has 0 bridgehead atoms. The summed E-state index contributed by atoms with van der Waals surface area (Å²) in [5.74, 6) is -0.904. The summed E-state index contributed by atoms with van der Waals surface area (Å²) in [5, 5.41) is 12.6. The number of nitrogens with zero attached hydrogens (tertiary/aromatic N) is 1. The summed E-state index contributed by atoms with van der Waals surface area (Å²) in [4.78, 5) is 22.4. The molecule has 0 amide bonds. The SMILES string of the molecule is CCOC(=O)C[C@@H](C[N+](=O)[O-])c1ccc(Cl)cc1[Si](C)(C)C.[C-]#[O+].[C-]#[O+].[C-]#[O+].[Cr]. The molecule has 11 heteroatoms. The molecule has 0 heterocycles. The molecule has 0 saturated carbocycles. The van der Waals surface area contributed by atoms with Gasteiger partial charge in [0.25, 0.3) is 0 Å². The van der Waals surface area contributed by atoms with Crippen LogP contribution in [-0.2, 0) is 40.8 Å². The van der Waals surface area contributed by atoms with Crippen molar-refractivity contribution in [3.05, 3.63) is 58.9 Å². The van der Waals surface area contributed by atoms with Crippen LogP contribution in [0.25, 0.3) is 0 Å². The Morgan fingerprint density at radius 1 is 1.21 bits per heavy atom. The maximum absolute atomic E-state index is 11.8. The van der Waals surface area contributed by atoms with Gasteiger partial charge in [-0.25, -0.2) is 0 Å². The summed E-state index contributed by atoms with van der Waals surface area (Å²) < 4.78 is 27.4. The number of ether oxygens (including phenoxy) is 1. The number of carbonyl (C=O) groups excluding carboxylic acids is 1. The molecule has 0 aliphatic heterocycles. The fraction of sp³-hybridized carbons (Fsp3) is 0.444.